The van der Waals surface area contributed by atoms with Crippen LogP contribution in [0.3, 0.4) is 0 Å². The van der Waals surface area contributed by atoms with Crippen LogP contribution in [0.1, 0.15) is 40.5 Å². The molecule has 1 fully saturated rings. The van der Waals surface area contributed by atoms with E-state index in [0.29, 0.717) is 31.1 Å². The van der Waals surface area contributed by atoms with Gasteiger partial charge in [-0.15, -0.1) is 0 Å². The normalized spacial score (nSPS) is 18.8. The van der Waals surface area contributed by atoms with Crippen molar-refractivity contribution < 1.29 is 9.47 Å². The van der Waals surface area contributed by atoms with Crippen molar-refractivity contribution in [3.05, 3.63) is 18.2 Å². The second-order valence-electron chi connectivity index (χ2n) is 6.97. The van der Waals surface area contributed by atoms with E-state index in [0.717, 1.165) is 30.3 Å². The van der Waals surface area contributed by atoms with Crippen LogP contribution >= 0.6 is 0 Å². The third-order valence-electron chi connectivity index (χ3n) is 4.63. The lowest BCUT2D eigenvalue weighted by Gasteiger charge is -2.34. The summed E-state index contributed by atoms with van der Waals surface area (Å²) in [6, 6.07) is 6.28. The molecule has 1 heterocycles. The molecule has 1 aliphatic rings. The smallest absolute Gasteiger partial charge is 0.193 e. The quantitative estimate of drug-likeness (QED) is 0.548. The molecule has 1 unspecified atom stereocenters. The number of nitrogens with two attached hydrogens (primary N) is 1. The Bertz CT molecular complexity index is 589. The maximum absolute atomic E-state index is 6.14. The molecule has 3 N–H and O–H groups in total. The van der Waals surface area contributed by atoms with E-state index in [1.807, 2.05) is 32.0 Å². The molecule has 0 aromatic heterocycles. The van der Waals surface area contributed by atoms with Crippen LogP contribution in [0.25, 0.3) is 0 Å². The van der Waals surface area contributed by atoms with Gasteiger partial charge in [0.25, 0.3) is 0 Å². The number of nitrogens with zero attached hydrogens (tertiary/aromatic N) is 2. The van der Waals surface area contributed by atoms with Gasteiger partial charge in [-0.3, -0.25) is 4.99 Å². The van der Waals surface area contributed by atoms with Gasteiger partial charge in [-0.2, -0.15) is 0 Å². The van der Waals surface area contributed by atoms with Gasteiger partial charge >= 0.3 is 0 Å². The van der Waals surface area contributed by atoms with Crippen molar-refractivity contribution in [3.8, 4) is 11.5 Å². The van der Waals surface area contributed by atoms with Crippen LogP contribution in [0.4, 0.5) is 5.69 Å². The molecular formula is C20H34N4O2. The number of likely N-dealkylation sites (tertiary alicyclic amines) is 1. The number of piperidine rings is 1. The summed E-state index contributed by atoms with van der Waals surface area (Å²) in [6.45, 7) is 12.7. The second-order valence-corrected chi connectivity index (χ2v) is 6.97. The summed E-state index contributed by atoms with van der Waals surface area (Å²) in [4.78, 5) is 7.09. The molecule has 0 bridgehead atoms. The molecule has 0 saturated carbocycles. The zero-order valence-electron chi connectivity index (χ0n) is 16.6. The summed E-state index contributed by atoms with van der Waals surface area (Å²) < 4.78 is 11.2. The van der Waals surface area contributed by atoms with Gasteiger partial charge in [0.15, 0.2) is 5.96 Å². The van der Waals surface area contributed by atoms with E-state index in [2.05, 4.69) is 29.1 Å². The number of ether oxygens (including phenoxy) is 2. The van der Waals surface area contributed by atoms with Gasteiger partial charge in [0.2, 0.25) is 0 Å². The van der Waals surface area contributed by atoms with Gasteiger partial charge in [0.1, 0.15) is 11.5 Å². The van der Waals surface area contributed by atoms with Crippen molar-refractivity contribution >= 4 is 11.6 Å². The van der Waals surface area contributed by atoms with Gasteiger partial charge < -0.3 is 25.4 Å². The summed E-state index contributed by atoms with van der Waals surface area (Å²) >= 11 is 0. The lowest BCUT2D eigenvalue weighted by atomic mass is 9.97. The first-order valence-corrected chi connectivity index (χ1v) is 9.74. The molecule has 6 nitrogen and oxygen atoms in total. The minimum atomic E-state index is 0.418. The molecule has 6 heteroatoms. The SMILES string of the molecule is CCOc1ccc(OCC)c(NC(N)=NCC2CCCN(C(C)C)C2)c1. The molecule has 1 atom stereocenters. The van der Waals surface area contributed by atoms with E-state index < -0.39 is 0 Å². The molecule has 2 rings (SSSR count). The monoisotopic (exact) mass is 362 g/mol. The Morgan fingerprint density at radius 2 is 2.08 bits per heavy atom. The number of hydrogen-bond donors (Lipinski definition) is 2. The average Bonchev–Trinajstić information content (AvgIpc) is 2.63. The first kappa shape index (κ1) is 20.4. The molecule has 1 aromatic carbocycles. The van der Waals surface area contributed by atoms with Crippen molar-refractivity contribution in [3.63, 3.8) is 0 Å². The molecule has 146 valence electrons. The van der Waals surface area contributed by atoms with Crippen molar-refractivity contribution in [2.75, 3.05) is 38.2 Å². The van der Waals surface area contributed by atoms with Gasteiger partial charge in [-0.25, -0.2) is 0 Å². The summed E-state index contributed by atoms with van der Waals surface area (Å²) in [5.74, 6) is 2.51. The second kappa shape index (κ2) is 10.3. The van der Waals surface area contributed by atoms with Crippen LogP contribution in [-0.2, 0) is 0 Å². The highest BCUT2D eigenvalue weighted by molar-refractivity contribution is 5.94. The summed E-state index contributed by atoms with van der Waals surface area (Å²) in [6.07, 6.45) is 2.45. The van der Waals surface area contributed by atoms with Gasteiger partial charge in [-0.1, -0.05) is 0 Å². The minimum absolute atomic E-state index is 0.418. The van der Waals surface area contributed by atoms with E-state index in [4.69, 9.17) is 15.2 Å². The fourth-order valence-corrected chi connectivity index (χ4v) is 3.26. The van der Waals surface area contributed by atoms with E-state index in [1.54, 1.807) is 0 Å². The summed E-state index contributed by atoms with van der Waals surface area (Å²) in [5.41, 5.74) is 6.92. The number of hydrogen-bond acceptors (Lipinski definition) is 4. The molecule has 0 radical (unpaired) electrons. The topological polar surface area (TPSA) is 72.1 Å². The molecule has 1 aromatic rings. The zero-order valence-corrected chi connectivity index (χ0v) is 16.6. The van der Waals surface area contributed by atoms with E-state index in [1.165, 1.54) is 19.4 Å². The maximum Gasteiger partial charge on any atom is 0.193 e. The predicted octanol–water partition coefficient (Wildman–Crippen LogP) is 3.33. The highest BCUT2D eigenvalue weighted by Crippen LogP contribution is 2.29. The highest BCUT2D eigenvalue weighted by atomic mass is 16.5. The Balaban J connectivity index is 2.00. The molecule has 0 amide bonds. The fraction of sp³-hybridized carbons (Fsp3) is 0.650. The van der Waals surface area contributed by atoms with Crippen molar-refractivity contribution in [2.45, 2.75) is 46.6 Å². The van der Waals surface area contributed by atoms with Crippen LogP contribution in [0, 0.1) is 5.92 Å². The number of benzene rings is 1. The molecule has 1 saturated heterocycles. The first-order chi connectivity index (χ1) is 12.5. The minimum Gasteiger partial charge on any atom is -0.494 e. The van der Waals surface area contributed by atoms with Gasteiger partial charge in [0, 0.05) is 25.2 Å². The number of aliphatic imine (C=N–C) groups is 1. The average molecular weight is 363 g/mol. The third-order valence-corrected chi connectivity index (χ3v) is 4.63. The molecular weight excluding hydrogens is 328 g/mol. The van der Waals surface area contributed by atoms with Crippen molar-refractivity contribution in [1.29, 1.82) is 0 Å². The Morgan fingerprint density at radius 1 is 1.31 bits per heavy atom. The highest BCUT2D eigenvalue weighted by Gasteiger charge is 2.21. The van der Waals surface area contributed by atoms with Gasteiger partial charge in [0.05, 0.1) is 18.9 Å². The van der Waals surface area contributed by atoms with Crippen molar-refractivity contribution in [2.24, 2.45) is 16.6 Å². The van der Waals surface area contributed by atoms with E-state index in [-0.39, 0.29) is 0 Å². The molecule has 0 spiro atoms. The maximum atomic E-state index is 6.14. The molecule has 26 heavy (non-hydrogen) atoms. The number of rotatable bonds is 8. The Kier molecular flexibility index (Phi) is 8.04. The van der Waals surface area contributed by atoms with Crippen LogP contribution in [0.15, 0.2) is 23.2 Å². The summed E-state index contributed by atoms with van der Waals surface area (Å²) in [5, 5.41) is 3.18. The van der Waals surface area contributed by atoms with E-state index >= 15 is 0 Å². The Morgan fingerprint density at radius 3 is 2.77 bits per heavy atom. The lowest BCUT2D eigenvalue weighted by molar-refractivity contribution is 0.143. The van der Waals surface area contributed by atoms with Crippen LogP contribution < -0.4 is 20.5 Å². The van der Waals surface area contributed by atoms with Gasteiger partial charge in [-0.05, 0) is 65.1 Å². The zero-order chi connectivity index (χ0) is 18.9. The van der Waals surface area contributed by atoms with Crippen LogP contribution in [-0.4, -0.2) is 49.7 Å². The number of guanidine groups is 1. The predicted molar refractivity (Wildman–Crippen MR) is 108 cm³/mol. The largest absolute Gasteiger partial charge is 0.494 e. The summed E-state index contributed by atoms with van der Waals surface area (Å²) in [7, 11) is 0. The Labute approximate surface area is 157 Å². The van der Waals surface area contributed by atoms with E-state index in [9.17, 15) is 0 Å². The van der Waals surface area contributed by atoms with Crippen LogP contribution in [0.5, 0.6) is 11.5 Å². The molecule has 0 aliphatic carbocycles. The fourth-order valence-electron chi connectivity index (χ4n) is 3.26. The van der Waals surface area contributed by atoms with Crippen molar-refractivity contribution in [1.82, 2.24) is 4.90 Å². The third kappa shape index (κ3) is 6.09. The van der Waals surface area contributed by atoms with Crippen LogP contribution in [0.2, 0.25) is 0 Å². The molecule has 1 aliphatic heterocycles. The number of anilines is 1. The number of nitrogens with one attached hydrogen (secondary N) is 1. The first-order valence-electron chi connectivity index (χ1n) is 9.74. The lowest BCUT2D eigenvalue weighted by Crippen LogP contribution is -2.41. The Hall–Kier alpha value is -1.95. The standard InChI is InChI=1S/C20H34N4O2/c1-5-25-17-9-10-19(26-6-2)18(12-17)23-20(21)22-13-16-8-7-11-24(14-16)15(3)4/h9-10,12,15-16H,5-8,11,13-14H2,1-4H3,(H3,21,22,23).